The Morgan fingerprint density at radius 3 is 2.50 bits per heavy atom. The quantitative estimate of drug-likeness (QED) is 0.900. The van der Waals surface area contributed by atoms with E-state index in [9.17, 15) is 0 Å². The lowest BCUT2D eigenvalue weighted by Crippen LogP contribution is -2.14. The van der Waals surface area contributed by atoms with E-state index in [0.717, 1.165) is 5.69 Å². The molecule has 0 unspecified atom stereocenters. The molecule has 1 N–H and O–H groups in total. The Morgan fingerprint density at radius 2 is 1.85 bits per heavy atom. The van der Waals surface area contributed by atoms with Crippen LogP contribution in [0.25, 0.3) is 0 Å². The highest BCUT2D eigenvalue weighted by Gasteiger charge is 2.17. The molecule has 4 nitrogen and oxygen atoms in total. The highest BCUT2D eigenvalue weighted by Crippen LogP contribution is 2.30. The monoisotopic (exact) mass is 266 g/mol. The van der Waals surface area contributed by atoms with Crippen LogP contribution in [0.15, 0.2) is 30.3 Å². The minimum Gasteiger partial charge on any atom is -0.340 e. The van der Waals surface area contributed by atoms with Crippen LogP contribution in [0.4, 0.5) is 11.5 Å². The summed E-state index contributed by atoms with van der Waals surface area (Å²) in [5, 5.41) is 12.3. The highest BCUT2D eigenvalue weighted by molar-refractivity contribution is 5.62. The van der Waals surface area contributed by atoms with Gasteiger partial charge in [-0.2, -0.15) is 5.26 Å². The molecule has 0 aliphatic heterocycles. The summed E-state index contributed by atoms with van der Waals surface area (Å²) >= 11 is 0. The number of aromatic nitrogens is 2. The van der Waals surface area contributed by atoms with E-state index >= 15 is 0 Å². The second-order valence-corrected chi connectivity index (χ2v) is 5.72. The van der Waals surface area contributed by atoms with Gasteiger partial charge < -0.3 is 5.32 Å². The number of benzene rings is 1. The molecule has 20 heavy (non-hydrogen) atoms. The van der Waals surface area contributed by atoms with E-state index in [0.29, 0.717) is 17.3 Å². The fourth-order valence-electron chi connectivity index (χ4n) is 2.07. The van der Waals surface area contributed by atoms with Gasteiger partial charge in [-0.15, -0.1) is 0 Å². The second kappa shape index (κ2) is 5.30. The number of anilines is 2. The maximum absolute atomic E-state index is 8.97. The Hall–Kier alpha value is -2.41. The SMILES string of the molecule is Cc1nc(C#N)cc(Nc2ccccc2C(C)(C)C)n1. The lowest BCUT2D eigenvalue weighted by molar-refractivity contribution is 0.592. The van der Waals surface area contributed by atoms with Gasteiger partial charge in [0.15, 0.2) is 0 Å². The molecule has 1 aromatic carbocycles. The normalized spacial score (nSPS) is 10.9. The molecule has 0 aliphatic carbocycles. The molecule has 0 radical (unpaired) electrons. The van der Waals surface area contributed by atoms with Gasteiger partial charge in [-0.05, 0) is 24.0 Å². The standard InChI is InChI=1S/C16H18N4/c1-11-18-12(10-17)9-15(19-11)20-14-8-6-5-7-13(14)16(2,3)4/h5-9H,1-4H3,(H,18,19,20). The van der Waals surface area contributed by atoms with Crippen molar-refractivity contribution in [3.8, 4) is 6.07 Å². The number of rotatable bonds is 2. The maximum atomic E-state index is 8.97. The zero-order valence-electron chi connectivity index (χ0n) is 12.2. The van der Waals surface area contributed by atoms with Crippen molar-refractivity contribution in [1.82, 2.24) is 9.97 Å². The molecule has 0 bridgehead atoms. The molecule has 0 saturated heterocycles. The van der Waals surface area contributed by atoms with Crippen molar-refractivity contribution in [3.63, 3.8) is 0 Å². The molecule has 1 aromatic heterocycles. The molecular formula is C16H18N4. The molecule has 0 spiro atoms. The number of nitrogens with one attached hydrogen (secondary N) is 1. The lowest BCUT2D eigenvalue weighted by atomic mass is 9.86. The molecule has 4 heteroatoms. The van der Waals surface area contributed by atoms with E-state index in [1.54, 1.807) is 13.0 Å². The predicted molar refractivity (Wildman–Crippen MR) is 79.9 cm³/mol. The van der Waals surface area contributed by atoms with Crippen molar-refractivity contribution in [2.45, 2.75) is 33.1 Å². The van der Waals surface area contributed by atoms with Gasteiger partial charge in [0.25, 0.3) is 0 Å². The van der Waals surface area contributed by atoms with Gasteiger partial charge in [0.05, 0.1) is 0 Å². The maximum Gasteiger partial charge on any atom is 0.146 e. The van der Waals surface area contributed by atoms with Crippen molar-refractivity contribution >= 4 is 11.5 Å². The van der Waals surface area contributed by atoms with E-state index in [1.807, 2.05) is 24.3 Å². The molecular weight excluding hydrogens is 248 g/mol. The number of nitrogens with zero attached hydrogens (tertiary/aromatic N) is 3. The van der Waals surface area contributed by atoms with Crippen LogP contribution in [0.5, 0.6) is 0 Å². The first-order chi connectivity index (χ1) is 9.40. The minimum atomic E-state index is 0.0315. The van der Waals surface area contributed by atoms with E-state index < -0.39 is 0 Å². The third kappa shape index (κ3) is 3.12. The van der Waals surface area contributed by atoms with Crippen LogP contribution >= 0.6 is 0 Å². The molecule has 0 amide bonds. The Labute approximate surface area is 119 Å². The predicted octanol–water partition coefficient (Wildman–Crippen LogP) is 3.70. The van der Waals surface area contributed by atoms with Crippen LogP contribution in [-0.2, 0) is 5.41 Å². The summed E-state index contributed by atoms with van der Waals surface area (Å²) in [5.74, 6) is 1.23. The Bertz CT molecular complexity index is 663. The number of hydrogen-bond donors (Lipinski definition) is 1. The molecule has 2 aromatic rings. The zero-order valence-corrected chi connectivity index (χ0v) is 12.2. The summed E-state index contributed by atoms with van der Waals surface area (Å²) < 4.78 is 0. The van der Waals surface area contributed by atoms with Crippen LogP contribution in [0.2, 0.25) is 0 Å². The molecule has 0 fully saturated rings. The molecule has 0 aliphatic rings. The van der Waals surface area contributed by atoms with Gasteiger partial charge in [0.1, 0.15) is 23.4 Å². The van der Waals surface area contributed by atoms with Crippen LogP contribution in [0.1, 0.15) is 37.9 Å². The van der Waals surface area contributed by atoms with Crippen molar-refractivity contribution in [2.24, 2.45) is 0 Å². The Kier molecular flexibility index (Phi) is 3.71. The van der Waals surface area contributed by atoms with Crippen molar-refractivity contribution < 1.29 is 0 Å². The van der Waals surface area contributed by atoms with Gasteiger partial charge >= 0.3 is 0 Å². The van der Waals surface area contributed by atoms with Crippen molar-refractivity contribution in [1.29, 1.82) is 5.26 Å². The Morgan fingerprint density at radius 1 is 1.15 bits per heavy atom. The smallest absolute Gasteiger partial charge is 0.146 e. The topological polar surface area (TPSA) is 61.6 Å². The second-order valence-electron chi connectivity index (χ2n) is 5.72. The van der Waals surface area contributed by atoms with E-state index in [4.69, 9.17) is 5.26 Å². The average molecular weight is 266 g/mol. The average Bonchev–Trinajstić information content (AvgIpc) is 2.37. The highest BCUT2D eigenvalue weighted by atomic mass is 15.0. The third-order valence-corrected chi connectivity index (χ3v) is 2.95. The lowest BCUT2D eigenvalue weighted by Gasteiger charge is -2.23. The number of hydrogen-bond acceptors (Lipinski definition) is 4. The molecule has 0 saturated carbocycles. The summed E-state index contributed by atoms with van der Waals surface area (Å²) in [4.78, 5) is 8.38. The first-order valence-electron chi connectivity index (χ1n) is 6.52. The van der Waals surface area contributed by atoms with Crippen LogP contribution in [0.3, 0.4) is 0 Å². The summed E-state index contributed by atoms with van der Waals surface area (Å²) in [5.41, 5.74) is 2.61. The van der Waals surface area contributed by atoms with Crippen LogP contribution in [0, 0.1) is 18.3 Å². The zero-order chi connectivity index (χ0) is 14.8. The molecule has 102 valence electrons. The van der Waals surface area contributed by atoms with Crippen molar-refractivity contribution in [3.05, 3.63) is 47.4 Å². The molecule has 2 rings (SSSR count). The largest absolute Gasteiger partial charge is 0.340 e. The summed E-state index contributed by atoms with van der Waals surface area (Å²) in [6.07, 6.45) is 0. The molecule has 1 heterocycles. The van der Waals surface area contributed by atoms with Crippen molar-refractivity contribution in [2.75, 3.05) is 5.32 Å². The summed E-state index contributed by atoms with van der Waals surface area (Å²) in [6.45, 7) is 8.28. The van der Waals surface area contributed by atoms with E-state index in [1.165, 1.54) is 5.56 Å². The van der Waals surface area contributed by atoms with Gasteiger partial charge in [0, 0.05) is 11.8 Å². The van der Waals surface area contributed by atoms with Gasteiger partial charge in [-0.1, -0.05) is 39.0 Å². The van der Waals surface area contributed by atoms with E-state index in [2.05, 4.69) is 42.1 Å². The van der Waals surface area contributed by atoms with Crippen LogP contribution in [-0.4, -0.2) is 9.97 Å². The number of para-hydroxylation sites is 1. The Balaban J connectivity index is 2.41. The first-order valence-corrected chi connectivity index (χ1v) is 6.52. The van der Waals surface area contributed by atoms with Crippen LogP contribution < -0.4 is 5.32 Å². The minimum absolute atomic E-state index is 0.0315. The fourth-order valence-corrected chi connectivity index (χ4v) is 2.07. The first kappa shape index (κ1) is 14.0. The fraction of sp³-hybridized carbons (Fsp3) is 0.312. The number of aryl methyl sites for hydroxylation is 1. The summed E-state index contributed by atoms with van der Waals surface area (Å²) in [7, 11) is 0. The van der Waals surface area contributed by atoms with Gasteiger partial charge in [-0.25, -0.2) is 9.97 Å². The number of nitriles is 1. The van der Waals surface area contributed by atoms with Gasteiger partial charge in [-0.3, -0.25) is 0 Å². The van der Waals surface area contributed by atoms with Gasteiger partial charge in [0.2, 0.25) is 0 Å². The summed E-state index contributed by atoms with van der Waals surface area (Å²) in [6, 6.07) is 11.8. The van der Waals surface area contributed by atoms with E-state index in [-0.39, 0.29) is 5.41 Å². The molecule has 0 atom stereocenters. The third-order valence-electron chi connectivity index (χ3n) is 2.95.